The number of fused-ring (bicyclic) bond motifs is 1. The van der Waals surface area contributed by atoms with Crippen molar-refractivity contribution in [2.45, 2.75) is 5.41 Å². The van der Waals surface area contributed by atoms with Crippen molar-refractivity contribution < 1.29 is 23.8 Å². The van der Waals surface area contributed by atoms with E-state index in [9.17, 15) is 23.8 Å². The molecule has 0 radical (unpaired) electrons. The van der Waals surface area contributed by atoms with Crippen LogP contribution in [0.4, 0.5) is 14.5 Å². The van der Waals surface area contributed by atoms with E-state index in [0.717, 1.165) is 24.3 Å². The van der Waals surface area contributed by atoms with Gasteiger partial charge in [0.25, 0.3) is 0 Å². The summed E-state index contributed by atoms with van der Waals surface area (Å²) in [6, 6.07) is 14.1. The van der Waals surface area contributed by atoms with E-state index in [1.807, 2.05) is 0 Å². The van der Waals surface area contributed by atoms with Crippen LogP contribution in [0.3, 0.4) is 0 Å². The molecule has 3 aromatic rings. The quantitative estimate of drug-likeness (QED) is 0.658. The molecule has 1 aliphatic rings. The lowest BCUT2D eigenvalue weighted by atomic mass is 9.70. The van der Waals surface area contributed by atoms with Gasteiger partial charge in [0.15, 0.2) is 23.1 Å². The summed E-state index contributed by atoms with van der Waals surface area (Å²) in [5.74, 6) is -3.36. The number of carbonyl (C=O) groups excluding carboxylic acids is 1. The Bertz CT molecular complexity index is 997. The van der Waals surface area contributed by atoms with Crippen LogP contribution < -0.4 is 5.32 Å². The molecule has 0 unspecified atom stereocenters. The second kappa shape index (κ2) is 5.56. The summed E-state index contributed by atoms with van der Waals surface area (Å²) < 4.78 is 28.1. The zero-order chi connectivity index (χ0) is 18.5. The lowest BCUT2D eigenvalue weighted by Crippen LogP contribution is -2.37. The number of amides is 1. The summed E-state index contributed by atoms with van der Waals surface area (Å²) in [5.41, 5.74) is 0.0139. The van der Waals surface area contributed by atoms with E-state index in [0.29, 0.717) is 11.3 Å². The molecule has 1 amide bonds. The minimum atomic E-state index is -1.51. The van der Waals surface area contributed by atoms with Gasteiger partial charge in [-0.15, -0.1) is 0 Å². The molecule has 3 aromatic carbocycles. The van der Waals surface area contributed by atoms with E-state index in [2.05, 4.69) is 5.32 Å². The molecule has 3 N–H and O–H groups in total. The molecular weight excluding hydrogens is 340 g/mol. The molecule has 6 heteroatoms. The maximum absolute atomic E-state index is 14.1. The minimum Gasteiger partial charge on any atom is -0.505 e. The van der Waals surface area contributed by atoms with Crippen molar-refractivity contribution in [2.24, 2.45) is 0 Å². The molecule has 0 fully saturated rings. The van der Waals surface area contributed by atoms with Gasteiger partial charge in [0.2, 0.25) is 5.91 Å². The van der Waals surface area contributed by atoms with Gasteiger partial charge in [0.05, 0.1) is 0 Å². The lowest BCUT2D eigenvalue weighted by Gasteiger charge is -2.29. The normalized spacial score (nSPS) is 14.8. The molecule has 0 saturated carbocycles. The fourth-order valence-electron chi connectivity index (χ4n) is 3.48. The average Bonchev–Trinajstić information content (AvgIpc) is 2.92. The first kappa shape index (κ1) is 16.1. The molecule has 130 valence electrons. The zero-order valence-electron chi connectivity index (χ0n) is 13.3. The Morgan fingerprint density at radius 2 is 1.35 bits per heavy atom. The van der Waals surface area contributed by atoms with Crippen molar-refractivity contribution in [1.29, 1.82) is 0 Å². The first-order valence-corrected chi connectivity index (χ1v) is 7.83. The van der Waals surface area contributed by atoms with Gasteiger partial charge < -0.3 is 15.5 Å². The largest absolute Gasteiger partial charge is 0.505 e. The van der Waals surface area contributed by atoms with Gasteiger partial charge in [0.1, 0.15) is 5.41 Å². The number of aromatic hydroxyl groups is 2. The van der Waals surface area contributed by atoms with Crippen molar-refractivity contribution in [1.82, 2.24) is 0 Å². The second-order valence-corrected chi connectivity index (χ2v) is 6.08. The smallest absolute Gasteiger partial charge is 0.244 e. The van der Waals surface area contributed by atoms with Crippen molar-refractivity contribution >= 4 is 11.6 Å². The predicted molar refractivity (Wildman–Crippen MR) is 91.1 cm³/mol. The molecule has 0 aromatic heterocycles. The molecule has 0 aliphatic carbocycles. The summed E-state index contributed by atoms with van der Waals surface area (Å²) >= 11 is 0. The number of phenols is 2. The summed E-state index contributed by atoms with van der Waals surface area (Å²) in [5, 5.41) is 21.8. The Kier molecular flexibility index (Phi) is 3.44. The average molecular weight is 353 g/mol. The zero-order valence-corrected chi connectivity index (χ0v) is 13.3. The maximum atomic E-state index is 14.1. The van der Waals surface area contributed by atoms with Gasteiger partial charge in [-0.05, 0) is 41.5 Å². The molecule has 26 heavy (non-hydrogen) atoms. The van der Waals surface area contributed by atoms with Gasteiger partial charge in [-0.3, -0.25) is 4.79 Å². The molecule has 4 nitrogen and oxygen atoms in total. The number of benzene rings is 3. The molecule has 0 saturated heterocycles. The highest BCUT2D eigenvalue weighted by atomic mass is 19.1. The molecule has 0 spiro atoms. The Balaban J connectivity index is 2.09. The van der Waals surface area contributed by atoms with Crippen LogP contribution in [0.15, 0.2) is 60.7 Å². The highest BCUT2D eigenvalue weighted by Gasteiger charge is 2.50. The summed E-state index contributed by atoms with van der Waals surface area (Å²) in [6.45, 7) is 0. The summed E-state index contributed by atoms with van der Waals surface area (Å²) in [4.78, 5) is 13.1. The van der Waals surface area contributed by atoms with Crippen LogP contribution in [0, 0.1) is 11.6 Å². The topological polar surface area (TPSA) is 69.6 Å². The van der Waals surface area contributed by atoms with Gasteiger partial charge in [-0.25, -0.2) is 8.78 Å². The SMILES string of the molecule is O=C1Nc2ccccc2C1(c1ccc(O)c(F)c1)c1ccc(O)c(F)c1. The summed E-state index contributed by atoms with van der Waals surface area (Å²) in [6.07, 6.45) is 0. The number of hydrogen-bond acceptors (Lipinski definition) is 3. The lowest BCUT2D eigenvalue weighted by molar-refractivity contribution is -0.118. The number of para-hydroxylation sites is 1. The summed E-state index contributed by atoms with van der Waals surface area (Å²) in [7, 11) is 0. The van der Waals surface area contributed by atoms with Crippen LogP contribution in [-0.2, 0) is 10.2 Å². The predicted octanol–water partition coefficient (Wildman–Crippen LogP) is 3.66. The Morgan fingerprint density at radius 1 is 0.808 bits per heavy atom. The van der Waals surface area contributed by atoms with Gasteiger partial charge in [-0.1, -0.05) is 30.3 Å². The third kappa shape index (κ3) is 2.08. The number of phenolic OH excluding ortho intramolecular Hbond substituents is 2. The Labute approximate surface area is 147 Å². The number of anilines is 1. The number of halogens is 2. The fraction of sp³-hybridized carbons (Fsp3) is 0.0500. The van der Waals surface area contributed by atoms with Crippen LogP contribution in [0.5, 0.6) is 11.5 Å². The van der Waals surface area contributed by atoms with Crippen molar-refractivity contribution in [3.8, 4) is 11.5 Å². The molecule has 0 atom stereocenters. The molecule has 1 heterocycles. The number of carbonyl (C=O) groups is 1. The highest BCUT2D eigenvalue weighted by molar-refractivity contribution is 6.11. The van der Waals surface area contributed by atoms with Gasteiger partial charge >= 0.3 is 0 Å². The molecule has 0 bridgehead atoms. The maximum Gasteiger partial charge on any atom is 0.244 e. The van der Waals surface area contributed by atoms with E-state index >= 15 is 0 Å². The number of nitrogens with one attached hydrogen (secondary N) is 1. The van der Waals surface area contributed by atoms with Crippen molar-refractivity contribution in [3.63, 3.8) is 0 Å². The fourth-order valence-corrected chi connectivity index (χ4v) is 3.48. The molecule has 4 rings (SSSR count). The standard InChI is InChI=1S/C20H13F2NO3/c21-14-9-11(5-7-17(14)24)20(12-6-8-18(25)15(22)10-12)13-3-1-2-4-16(13)23-19(20)26/h1-10,24-25H,(H,23,26). The minimum absolute atomic E-state index is 0.236. The first-order valence-electron chi connectivity index (χ1n) is 7.83. The second-order valence-electron chi connectivity index (χ2n) is 6.08. The van der Waals surface area contributed by atoms with E-state index in [1.165, 1.54) is 12.1 Å². The van der Waals surface area contributed by atoms with Gasteiger partial charge in [0, 0.05) is 11.3 Å². The van der Waals surface area contributed by atoms with Crippen LogP contribution in [0.2, 0.25) is 0 Å². The van der Waals surface area contributed by atoms with Crippen LogP contribution in [0.25, 0.3) is 0 Å². The number of hydrogen-bond donors (Lipinski definition) is 3. The van der Waals surface area contributed by atoms with E-state index in [4.69, 9.17) is 0 Å². The third-order valence-electron chi connectivity index (χ3n) is 4.68. The number of rotatable bonds is 2. The monoisotopic (exact) mass is 353 g/mol. The van der Waals surface area contributed by atoms with Crippen LogP contribution in [-0.4, -0.2) is 16.1 Å². The Hall–Kier alpha value is -3.41. The van der Waals surface area contributed by atoms with Crippen molar-refractivity contribution in [2.75, 3.05) is 5.32 Å². The Morgan fingerprint density at radius 3 is 1.88 bits per heavy atom. The molecular formula is C20H13F2NO3. The first-order chi connectivity index (χ1) is 12.4. The van der Waals surface area contributed by atoms with Gasteiger partial charge in [-0.2, -0.15) is 0 Å². The third-order valence-corrected chi connectivity index (χ3v) is 4.68. The highest BCUT2D eigenvalue weighted by Crippen LogP contribution is 2.48. The van der Waals surface area contributed by atoms with E-state index in [1.54, 1.807) is 24.3 Å². The van der Waals surface area contributed by atoms with E-state index < -0.39 is 34.5 Å². The van der Waals surface area contributed by atoms with E-state index in [-0.39, 0.29) is 11.1 Å². The van der Waals surface area contributed by atoms with Crippen molar-refractivity contribution in [3.05, 3.63) is 89.0 Å². The van der Waals surface area contributed by atoms with Crippen LogP contribution in [0.1, 0.15) is 16.7 Å². The van der Waals surface area contributed by atoms with Crippen LogP contribution >= 0.6 is 0 Å². The molecule has 1 aliphatic heterocycles.